The minimum Gasteiger partial charge on any atom is -0.436 e. The number of halogens is 1. The molecule has 4 rings (SSSR count). The molecule has 4 aromatic rings. The number of rotatable bonds is 3. The number of anilines is 1. The lowest BCUT2D eigenvalue weighted by Crippen LogP contribution is -2.13. The minimum atomic E-state index is -0.741. The predicted octanol–water partition coefficient (Wildman–Crippen LogP) is 5.37. The van der Waals surface area contributed by atoms with Crippen molar-refractivity contribution in [3.63, 3.8) is 0 Å². The summed E-state index contributed by atoms with van der Waals surface area (Å²) in [5.41, 5.74) is 5.08. The maximum absolute atomic E-state index is 14.0. The number of aryl methyl sites for hydroxylation is 2. The quantitative estimate of drug-likeness (QED) is 0.514. The Kier molecular flexibility index (Phi) is 4.57. The van der Waals surface area contributed by atoms with E-state index in [-0.39, 0.29) is 11.1 Å². The molecular weight excluding hydrogens is 369 g/mol. The summed E-state index contributed by atoms with van der Waals surface area (Å²) in [6, 6.07) is 16.4. The van der Waals surface area contributed by atoms with Crippen molar-refractivity contribution < 1.29 is 13.6 Å². The van der Waals surface area contributed by atoms with Gasteiger partial charge in [0.2, 0.25) is 5.89 Å². The molecule has 0 unspecified atom stereocenters. The summed E-state index contributed by atoms with van der Waals surface area (Å²) in [4.78, 5) is 16.8. The largest absolute Gasteiger partial charge is 0.436 e. The molecule has 3 aromatic carbocycles. The van der Waals surface area contributed by atoms with Crippen LogP contribution in [0.4, 0.5) is 10.1 Å². The molecule has 0 atom stereocenters. The molecule has 6 heteroatoms. The monoisotopic (exact) mass is 385 g/mol. The first-order valence-corrected chi connectivity index (χ1v) is 8.94. The number of aromatic nitrogens is 1. The average molecular weight is 385 g/mol. The van der Waals surface area contributed by atoms with E-state index in [0.717, 1.165) is 33.9 Å². The van der Waals surface area contributed by atoms with Crippen LogP contribution in [-0.2, 0) is 0 Å². The van der Waals surface area contributed by atoms with Gasteiger partial charge in [0.1, 0.15) is 11.3 Å². The van der Waals surface area contributed by atoms with E-state index in [1.54, 1.807) is 24.3 Å². The molecule has 0 saturated carbocycles. The number of amides is 1. The lowest BCUT2D eigenvalue weighted by molar-refractivity contribution is 0.102. The van der Waals surface area contributed by atoms with Gasteiger partial charge in [-0.1, -0.05) is 0 Å². The maximum atomic E-state index is 14.0. The van der Waals surface area contributed by atoms with E-state index in [2.05, 4.69) is 10.3 Å². The van der Waals surface area contributed by atoms with Gasteiger partial charge in [-0.15, -0.1) is 0 Å². The van der Waals surface area contributed by atoms with Crippen LogP contribution >= 0.6 is 0 Å². The van der Waals surface area contributed by atoms with E-state index in [1.165, 1.54) is 12.1 Å². The molecular formula is C23H16FN3O2. The van der Waals surface area contributed by atoms with E-state index < -0.39 is 11.7 Å². The summed E-state index contributed by atoms with van der Waals surface area (Å²) >= 11 is 0. The second-order valence-electron chi connectivity index (χ2n) is 6.76. The highest BCUT2D eigenvalue weighted by molar-refractivity contribution is 6.04. The summed E-state index contributed by atoms with van der Waals surface area (Å²) in [7, 11) is 0. The lowest BCUT2D eigenvalue weighted by Gasteiger charge is -2.07. The van der Waals surface area contributed by atoms with Crippen LogP contribution in [0.2, 0.25) is 0 Å². The van der Waals surface area contributed by atoms with Gasteiger partial charge in [-0.2, -0.15) is 5.26 Å². The normalized spacial score (nSPS) is 10.7. The Bertz CT molecular complexity index is 1250. The topological polar surface area (TPSA) is 78.9 Å². The van der Waals surface area contributed by atoms with Crippen molar-refractivity contribution in [2.75, 3.05) is 5.32 Å². The zero-order valence-electron chi connectivity index (χ0n) is 15.8. The number of carbonyl (C=O) groups is 1. The first-order chi connectivity index (χ1) is 13.9. The van der Waals surface area contributed by atoms with Gasteiger partial charge in [0, 0.05) is 11.3 Å². The van der Waals surface area contributed by atoms with Crippen LogP contribution in [0.25, 0.3) is 22.6 Å². The Hall–Kier alpha value is -3.98. The van der Waals surface area contributed by atoms with Gasteiger partial charge in [0.25, 0.3) is 5.91 Å². The van der Waals surface area contributed by atoms with Crippen LogP contribution in [-0.4, -0.2) is 10.9 Å². The maximum Gasteiger partial charge on any atom is 0.258 e. The molecule has 0 aliphatic heterocycles. The van der Waals surface area contributed by atoms with E-state index in [4.69, 9.17) is 9.68 Å². The number of nitrogens with zero attached hydrogens (tertiary/aromatic N) is 2. The number of benzene rings is 3. The SMILES string of the molecule is Cc1cc2nc(-c3ccc(NC(=O)c4ccc(C#N)cc4F)cc3)oc2cc1C. The number of hydrogen-bond donors (Lipinski definition) is 1. The highest BCUT2D eigenvalue weighted by Gasteiger charge is 2.14. The average Bonchev–Trinajstić information content (AvgIpc) is 3.11. The van der Waals surface area contributed by atoms with E-state index in [9.17, 15) is 9.18 Å². The van der Waals surface area contributed by atoms with Gasteiger partial charge in [0.05, 0.1) is 17.2 Å². The fourth-order valence-electron chi connectivity index (χ4n) is 2.97. The Morgan fingerprint density at radius 1 is 1.07 bits per heavy atom. The highest BCUT2D eigenvalue weighted by atomic mass is 19.1. The van der Waals surface area contributed by atoms with E-state index in [0.29, 0.717) is 11.6 Å². The van der Waals surface area contributed by atoms with Gasteiger partial charge >= 0.3 is 0 Å². The third kappa shape index (κ3) is 3.58. The van der Waals surface area contributed by atoms with Gasteiger partial charge in [0.15, 0.2) is 5.58 Å². The second-order valence-corrected chi connectivity index (χ2v) is 6.76. The van der Waals surface area contributed by atoms with Crippen LogP contribution in [0.3, 0.4) is 0 Å². The molecule has 29 heavy (non-hydrogen) atoms. The van der Waals surface area contributed by atoms with Gasteiger partial charge in [-0.3, -0.25) is 4.79 Å². The van der Waals surface area contributed by atoms with E-state index in [1.807, 2.05) is 32.0 Å². The standard InChI is InChI=1S/C23H16FN3O2/c1-13-9-20-21(10-14(13)2)29-23(27-20)16-4-6-17(7-5-16)26-22(28)18-8-3-15(12-25)11-19(18)24/h3-11H,1-2H3,(H,26,28). The number of hydrogen-bond acceptors (Lipinski definition) is 4. The van der Waals surface area contributed by atoms with Crippen LogP contribution in [0, 0.1) is 31.0 Å². The molecule has 0 fully saturated rings. The fourth-order valence-corrected chi connectivity index (χ4v) is 2.97. The van der Waals surface area contributed by atoms with Crippen molar-refractivity contribution in [1.29, 1.82) is 5.26 Å². The number of oxazole rings is 1. The zero-order valence-corrected chi connectivity index (χ0v) is 15.8. The summed E-state index contributed by atoms with van der Waals surface area (Å²) in [5, 5.41) is 11.4. The number of nitrogens with one attached hydrogen (secondary N) is 1. The van der Waals surface area contributed by atoms with Crippen LogP contribution < -0.4 is 5.32 Å². The Labute approximate surface area is 166 Å². The van der Waals surface area contributed by atoms with Crippen molar-refractivity contribution in [3.05, 3.63) is 82.7 Å². The van der Waals surface area contributed by atoms with E-state index >= 15 is 0 Å². The smallest absolute Gasteiger partial charge is 0.258 e. The Balaban J connectivity index is 1.55. The number of fused-ring (bicyclic) bond motifs is 1. The fraction of sp³-hybridized carbons (Fsp3) is 0.0870. The molecule has 142 valence electrons. The number of carbonyl (C=O) groups excluding carboxylic acids is 1. The summed E-state index contributed by atoms with van der Waals surface area (Å²) in [6.07, 6.45) is 0. The molecule has 0 bridgehead atoms. The predicted molar refractivity (Wildman–Crippen MR) is 108 cm³/mol. The van der Waals surface area contributed by atoms with Crippen molar-refractivity contribution in [3.8, 4) is 17.5 Å². The molecule has 0 radical (unpaired) electrons. The summed E-state index contributed by atoms with van der Waals surface area (Å²) in [6.45, 7) is 4.04. The van der Waals surface area contributed by atoms with Gasteiger partial charge < -0.3 is 9.73 Å². The van der Waals surface area contributed by atoms with Crippen LogP contribution in [0.5, 0.6) is 0 Å². The zero-order chi connectivity index (χ0) is 20.5. The van der Waals surface area contributed by atoms with Crippen molar-refractivity contribution in [1.82, 2.24) is 4.98 Å². The molecule has 1 heterocycles. The summed E-state index contributed by atoms with van der Waals surface area (Å²) in [5.74, 6) is -0.844. The Morgan fingerprint density at radius 2 is 1.79 bits per heavy atom. The molecule has 0 saturated heterocycles. The molecule has 0 aliphatic carbocycles. The first-order valence-electron chi connectivity index (χ1n) is 8.94. The molecule has 5 nitrogen and oxygen atoms in total. The minimum absolute atomic E-state index is 0.127. The molecule has 0 aliphatic rings. The van der Waals surface area contributed by atoms with Crippen LogP contribution in [0.1, 0.15) is 27.0 Å². The van der Waals surface area contributed by atoms with Crippen molar-refractivity contribution >= 4 is 22.7 Å². The molecule has 1 N–H and O–H groups in total. The molecule has 0 spiro atoms. The third-order valence-electron chi connectivity index (χ3n) is 4.74. The molecule has 1 amide bonds. The first kappa shape index (κ1) is 18.4. The van der Waals surface area contributed by atoms with Gasteiger partial charge in [-0.25, -0.2) is 9.37 Å². The lowest BCUT2D eigenvalue weighted by atomic mass is 10.1. The van der Waals surface area contributed by atoms with Crippen molar-refractivity contribution in [2.24, 2.45) is 0 Å². The van der Waals surface area contributed by atoms with Gasteiger partial charge in [-0.05, 0) is 79.6 Å². The van der Waals surface area contributed by atoms with Crippen molar-refractivity contribution in [2.45, 2.75) is 13.8 Å². The number of nitriles is 1. The second kappa shape index (κ2) is 7.21. The molecule has 1 aromatic heterocycles. The van der Waals surface area contributed by atoms with Crippen LogP contribution in [0.15, 0.2) is 59.0 Å². The summed E-state index contributed by atoms with van der Waals surface area (Å²) < 4.78 is 19.8. The Morgan fingerprint density at radius 3 is 2.48 bits per heavy atom. The highest BCUT2D eigenvalue weighted by Crippen LogP contribution is 2.27. The third-order valence-corrected chi connectivity index (χ3v) is 4.74.